The standard InChI is InChI=1S/C29H33NO4/c1-18(2)6-5-11-34-25-23-8-4-3-7-22(23)9-10-24(25)27(31)30-26(28(32)33)29-15-19-12-20(16-29)14-21(13-19)17-29/h3-4,7-10,18-21,26H,11-17H2,1-2H3,(H,30,31)(H,32,33)/t19?,20?,21?,26-,29?/m1/s1. The predicted octanol–water partition coefficient (Wildman–Crippen LogP) is 5.28. The highest BCUT2D eigenvalue weighted by atomic mass is 16.5. The summed E-state index contributed by atoms with van der Waals surface area (Å²) in [5.41, 5.74) is 0.0256. The number of aliphatic carboxylic acids is 1. The second kappa shape index (κ2) is 8.98. The van der Waals surface area contributed by atoms with E-state index in [1.54, 1.807) is 6.07 Å². The van der Waals surface area contributed by atoms with E-state index in [4.69, 9.17) is 4.74 Å². The SMILES string of the molecule is CC(C)C#CCOc1c(C(=O)N[C@H](C(=O)O)C23CC4CC(CC(C4)C2)C3)ccc2ccccc12. The van der Waals surface area contributed by atoms with Gasteiger partial charge in [0.05, 0.1) is 5.56 Å². The molecule has 0 aliphatic heterocycles. The van der Waals surface area contributed by atoms with Crippen LogP contribution >= 0.6 is 0 Å². The van der Waals surface area contributed by atoms with Crippen LogP contribution in [0.4, 0.5) is 0 Å². The third-order valence-electron chi connectivity index (χ3n) is 8.02. The lowest BCUT2D eigenvalue weighted by Gasteiger charge is -2.58. The van der Waals surface area contributed by atoms with E-state index in [1.807, 2.05) is 44.2 Å². The number of fused-ring (bicyclic) bond motifs is 1. The molecular formula is C29H33NO4. The summed E-state index contributed by atoms with van der Waals surface area (Å²) in [4.78, 5) is 26.1. The molecule has 4 fully saturated rings. The van der Waals surface area contributed by atoms with Crippen LogP contribution in [0.1, 0.15) is 62.7 Å². The Labute approximate surface area is 201 Å². The first-order chi connectivity index (χ1) is 16.3. The van der Waals surface area contributed by atoms with Gasteiger partial charge in [-0.05, 0) is 67.7 Å². The van der Waals surface area contributed by atoms with Crippen molar-refractivity contribution in [3.63, 3.8) is 0 Å². The summed E-state index contributed by atoms with van der Waals surface area (Å²) >= 11 is 0. The fourth-order valence-corrected chi connectivity index (χ4v) is 7.15. The molecule has 0 unspecified atom stereocenters. The molecule has 6 rings (SSSR count). The summed E-state index contributed by atoms with van der Waals surface area (Å²) in [5.74, 6) is 7.27. The molecule has 1 amide bonds. The van der Waals surface area contributed by atoms with Gasteiger partial charge in [-0.15, -0.1) is 0 Å². The molecule has 178 valence electrons. The van der Waals surface area contributed by atoms with Gasteiger partial charge in [0.25, 0.3) is 5.91 Å². The maximum Gasteiger partial charge on any atom is 0.326 e. The van der Waals surface area contributed by atoms with E-state index < -0.39 is 12.0 Å². The molecule has 4 bridgehead atoms. The minimum absolute atomic E-state index is 0.170. The maximum atomic E-state index is 13.6. The lowest BCUT2D eigenvalue weighted by molar-refractivity contribution is -0.150. The van der Waals surface area contributed by atoms with Crippen molar-refractivity contribution in [2.45, 2.75) is 58.4 Å². The Hall–Kier alpha value is -3.00. The zero-order valence-electron chi connectivity index (χ0n) is 20.0. The number of carboxylic acid groups (broad SMARTS) is 1. The topological polar surface area (TPSA) is 75.6 Å². The number of carbonyl (C=O) groups excluding carboxylic acids is 1. The van der Waals surface area contributed by atoms with Crippen molar-refractivity contribution in [2.75, 3.05) is 6.61 Å². The summed E-state index contributed by atoms with van der Waals surface area (Å²) < 4.78 is 6.03. The number of nitrogens with one attached hydrogen (secondary N) is 1. The van der Waals surface area contributed by atoms with E-state index in [1.165, 1.54) is 19.3 Å². The van der Waals surface area contributed by atoms with Gasteiger partial charge in [0.15, 0.2) is 0 Å². The van der Waals surface area contributed by atoms with E-state index in [9.17, 15) is 14.7 Å². The Bertz CT molecular complexity index is 1140. The number of carboxylic acids is 1. The van der Waals surface area contributed by atoms with Crippen LogP contribution in [0.5, 0.6) is 5.75 Å². The van der Waals surface area contributed by atoms with Crippen LogP contribution in [-0.2, 0) is 4.79 Å². The van der Waals surface area contributed by atoms with Crippen LogP contribution in [0, 0.1) is 40.9 Å². The van der Waals surface area contributed by atoms with Crippen LogP contribution in [-0.4, -0.2) is 29.6 Å². The smallest absolute Gasteiger partial charge is 0.326 e. The summed E-state index contributed by atoms with van der Waals surface area (Å²) in [6.07, 6.45) is 6.38. The molecule has 5 heteroatoms. The quantitative estimate of drug-likeness (QED) is 0.577. The minimum Gasteiger partial charge on any atom is -0.480 e. The van der Waals surface area contributed by atoms with Gasteiger partial charge in [-0.1, -0.05) is 56.0 Å². The summed E-state index contributed by atoms with van der Waals surface area (Å²) in [6.45, 7) is 4.20. The Balaban J connectivity index is 1.45. The zero-order chi connectivity index (χ0) is 23.9. The van der Waals surface area contributed by atoms with Gasteiger partial charge in [-0.25, -0.2) is 4.79 Å². The Morgan fingerprint density at radius 3 is 2.32 bits per heavy atom. The maximum absolute atomic E-state index is 13.6. The number of hydrogen-bond acceptors (Lipinski definition) is 3. The Kier molecular flexibility index (Phi) is 6.02. The number of ether oxygens (including phenoxy) is 1. The van der Waals surface area contributed by atoms with Gasteiger partial charge in [-0.2, -0.15) is 0 Å². The summed E-state index contributed by atoms with van der Waals surface area (Å²) in [6, 6.07) is 10.5. The van der Waals surface area contributed by atoms with E-state index in [2.05, 4.69) is 17.2 Å². The monoisotopic (exact) mass is 459 g/mol. The molecular weight excluding hydrogens is 426 g/mol. The Morgan fingerprint density at radius 1 is 1.06 bits per heavy atom. The molecule has 4 saturated carbocycles. The Morgan fingerprint density at radius 2 is 1.71 bits per heavy atom. The van der Waals surface area contributed by atoms with Crippen LogP contribution in [0.2, 0.25) is 0 Å². The molecule has 0 radical (unpaired) electrons. The van der Waals surface area contributed by atoms with Crippen molar-refractivity contribution in [3.8, 4) is 17.6 Å². The lowest BCUT2D eigenvalue weighted by Crippen LogP contribution is -2.59. The molecule has 1 atom stereocenters. The molecule has 0 aromatic heterocycles. The second-order valence-electron chi connectivity index (χ2n) is 11.0. The number of amides is 1. The van der Waals surface area contributed by atoms with E-state index in [0.29, 0.717) is 29.1 Å². The number of benzene rings is 2. The van der Waals surface area contributed by atoms with Crippen LogP contribution in [0.15, 0.2) is 36.4 Å². The summed E-state index contributed by atoms with van der Waals surface area (Å²) in [5, 5.41) is 15.0. The molecule has 2 aromatic carbocycles. The molecule has 0 saturated heterocycles. The van der Waals surface area contributed by atoms with Crippen LogP contribution in [0.3, 0.4) is 0 Å². The molecule has 2 N–H and O–H groups in total. The molecule has 4 aliphatic carbocycles. The fraction of sp³-hybridized carbons (Fsp3) is 0.517. The molecule has 4 aliphatic rings. The molecule has 5 nitrogen and oxygen atoms in total. The first-order valence-corrected chi connectivity index (χ1v) is 12.5. The first-order valence-electron chi connectivity index (χ1n) is 12.5. The van der Waals surface area contributed by atoms with Crippen molar-refractivity contribution in [2.24, 2.45) is 29.1 Å². The number of carbonyl (C=O) groups is 2. The van der Waals surface area contributed by atoms with Gasteiger partial charge in [-0.3, -0.25) is 4.79 Å². The molecule has 0 spiro atoms. The van der Waals surface area contributed by atoms with Crippen molar-refractivity contribution in [1.29, 1.82) is 0 Å². The minimum atomic E-state index is -0.929. The highest BCUT2D eigenvalue weighted by Crippen LogP contribution is 2.61. The first kappa shape index (κ1) is 22.8. The van der Waals surface area contributed by atoms with Gasteiger partial charge >= 0.3 is 5.97 Å². The van der Waals surface area contributed by atoms with Gasteiger partial charge in [0, 0.05) is 16.7 Å². The van der Waals surface area contributed by atoms with E-state index in [-0.39, 0.29) is 23.8 Å². The number of hydrogen-bond donors (Lipinski definition) is 2. The van der Waals surface area contributed by atoms with Gasteiger partial charge < -0.3 is 15.2 Å². The fourth-order valence-electron chi connectivity index (χ4n) is 7.15. The predicted molar refractivity (Wildman–Crippen MR) is 132 cm³/mol. The third kappa shape index (κ3) is 4.27. The third-order valence-corrected chi connectivity index (χ3v) is 8.02. The second-order valence-corrected chi connectivity index (χ2v) is 11.0. The van der Waals surface area contributed by atoms with Gasteiger partial charge in [0.2, 0.25) is 0 Å². The molecule has 0 heterocycles. The normalized spacial score (nSPS) is 27.8. The zero-order valence-corrected chi connectivity index (χ0v) is 20.0. The largest absolute Gasteiger partial charge is 0.480 e. The molecule has 34 heavy (non-hydrogen) atoms. The van der Waals surface area contributed by atoms with E-state index in [0.717, 1.165) is 30.0 Å². The average molecular weight is 460 g/mol. The van der Waals surface area contributed by atoms with Gasteiger partial charge in [0.1, 0.15) is 18.4 Å². The summed E-state index contributed by atoms with van der Waals surface area (Å²) in [7, 11) is 0. The average Bonchev–Trinajstić information content (AvgIpc) is 2.78. The van der Waals surface area contributed by atoms with Crippen LogP contribution < -0.4 is 10.1 Å². The van der Waals surface area contributed by atoms with Crippen molar-refractivity contribution < 1.29 is 19.4 Å². The highest BCUT2D eigenvalue weighted by Gasteiger charge is 2.56. The van der Waals surface area contributed by atoms with Crippen molar-refractivity contribution in [1.82, 2.24) is 5.32 Å². The lowest BCUT2D eigenvalue weighted by atomic mass is 9.47. The van der Waals surface area contributed by atoms with E-state index >= 15 is 0 Å². The number of rotatable bonds is 6. The van der Waals surface area contributed by atoms with Crippen molar-refractivity contribution >= 4 is 22.6 Å². The highest BCUT2D eigenvalue weighted by molar-refractivity contribution is 6.05. The molecule has 2 aromatic rings. The van der Waals surface area contributed by atoms with Crippen LogP contribution in [0.25, 0.3) is 10.8 Å². The van der Waals surface area contributed by atoms with Crippen molar-refractivity contribution in [3.05, 3.63) is 42.0 Å².